The quantitative estimate of drug-likeness (QED) is 0.647. The smallest absolute Gasteiger partial charge is 0.399 e. The molecule has 7 heteroatoms. The molecule has 0 aliphatic carbocycles. The Kier molecular flexibility index (Phi) is 5.39. The number of hydrogen-bond donors (Lipinski definition) is 1. The number of piperazine rings is 1. The predicted octanol–water partition coefficient (Wildman–Crippen LogP) is 1.86. The first-order valence-corrected chi connectivity index (χ1v) is 9.49. The van der Waals surface area contributed by atoms with E-state index in [-0.39, 0.29) is 5.91 Å². The predicted molar refractivity (Wildman–Crippen MR) is 111 cm³/mol. The number of amides is 1. The molecule has 2 aliphatic rings. The van der Waals surface area contributed by atoms with E-state index in [2.05, 4.69) is 34.8 Å². The van der Waals surface area contributed by atoms with E-state index in [1.165, 1.54) is 6.08 Å². The molecule has 0 bridgehead atoms. The van der Waals surface area contributed by atoms with Crippen molar-refractivity contribution in [3.63, 3.8) is 0 Å². The van der Waals surface area contributed by atoms with Crippen molar-refractivity contribution in [2.45, 2.75) is 38.9 Å². The molecule has 2 saturated heterocycles. The third-order valence-electron chi connectivity index (χ3n) is 5.79. The molecule has 1 amide bonds. The summed E-state index contributed by atoms with van der Waals surface area (Å²) < 4.78 is 12.4. The minimum Gasteiger partial charge on any atom is -0.399 e. The van der Waals surface area contributed by atoms with E-state index in [1.807, 2.05) is 39.8 Å². The van der Waals surface area contributed by atoms with Crippen molar-refractivity contribution in [1.29, 1.82) is 0 Å². The summed E-state index contributed by atoms with van der Waals surface area (Å²) in [4.78, 5) is 16.5. The maximum absolute atomic E-state index is 11.8. The monoisotopic (exact) mass is 371 g/mol. The van der Waals surface area contributed by atoms with E-state index >= 15 is 0 Å². The molecule has 0 radical (unpaired) electrons. The van der Waals surface area contributed by atoms with Gasteiger partial charge in [-0.15, -0.1) is 0 Å². The Morgan fingerprint density at radius 1 is 1.11 bits per heavy atom. The topological polar surface area (TPSA) is 54.0 Å². The van der Waals surface area contributed by atoms with Gasteiger partial charge in [-0.05, 0) is 64.5 Å². The van der Waals surface area contributed by atoms with E-state index in [4.69, 9.17) is 9.31 Å². The van der Waals surface area contributed by atoms with Crippen LogP contribution in [0.15, 0.2) is 30.9 Å². The van der Waals surface area contributed by atoms with Gasteiger partial charge in [0.2, 0.25) is 5.91 Å². The van der Waals surface area contributed by atoms with Crippen molar-refractivity contribution < 1.29 is 14.1 Å². The van der Waals surface area contributed by atoms with Gasteiger partial charge < -0.3 is 24.4 Å². The fourth-order valence-electron chi connectivity index (χ4n) is 3.26. The van der Waals surface area contributed by atoms with Crippen molar-refractivity contribution in [2.24, 2.45) is 0 Å². The van der Waals surface area contributed by atoms with E-state index in [1.54, 1.807) is 0 Å². The summed E-state index contributed by atoms with van der Waals surface area (Å²) in [5.74, 6) is -0.231. The first kappa shape index (κ1) is 19.9. The van der Waals surface area contributed by atoms with Crippen LogP contribution in [-0.4, -0.2) is 62.4 Å². The molecule has 2 fully saturated rings. The first-order valence-electron chi connectivity index (χ1n) is 9.49. The summed E-state index contributed by atoms with van der Waals surface area (Å²) >= 11 is 0. The Labute approximate surface area is 162 Å². The minimum absolute atomic E-state index is 0.231. The van der Waals surface area contributed by atoms with Crippen LogP contribution in [0.5, 0.6) is 0 Å². The molecule has 6 nitrogen and oxygen atoms in total. The van der Waals surface area contributed by atoms with Crippen molar-refractivity contribution in [1.82, 2.24) is 4.90 Å². The van der Waals surface area contributed by atoms with Crippen LogP contribution in [0.4, 0.5) is 11.4 Å². The summed E-state index contributed by atoms with van der Waals surface area (Å²) in [6, 6.07) is 6.03. The van der Waals surface area contributed by atoms with Gasteiger partial charge in [0.05, 0.1) is 11.2 Å². The Balaban J connectivity index is 1.93. The van der Waals surface area contributed by atoms with Crippen LogP contribution < -0.4 is 15.7 Å². The highest BCUT2D eigenvalue weighted by Crippen LogP contribution is 2.37. The fourth-order valence-corrected chi connectivity index (χ4v) is 3.26. The number of rotatable bonds is 4. The van der Waals surface area contributed by atoms with Gasteiger partial charge in [0.25, 0.3) is 0 Å². The summed E-state index contributed by atoms with van der Waals surface area (Å²) in [6.07, 6.45) is 1.27. The standard InChI is InChI=1S/C20H30BN3O3/c1-7-18(25)22-16-12-15(21-26-19(2,3)20(4,5)27-21)13-17(14-16)24-10-8-23(6)9-11-24/h7,12-14H,1,8-11H2,2-6H3,(H,22,25). The van der Waals surface area contributed by atoms with Gasteiger partial charge >= 0.3 is 7.12 Å². The van der Waals surface area contributed by atoms with E-state index in [0.717, 1.165) is 43.0 Å². The fraction of sp³-hybridized carbons (Fsp3) is 0.550. The van der Waals surface area contributed by atoms with E-state index < -0.39 is 18.3 Å². The van der Waals surface area contributed by atoms with Gasteiger partial charge in [0.1, 0.15) is 0 Å². The maximum Gasteiger partial charge on any atom is 0.494 e. The lowest BCUT2D eigenvalue weighted by molar-refractivity contribution is -0.111. The normalized spacial score (nSPS) is 22.0. The molecule has 27 heavy (non-hydrogen) atoms. The van der Waals surface area contributed by atoms with Crippen LogP contribution in [0.1, 0.15) is 27.7 Å². The summed E-state index contributed by atoms with van der Waals surface area (Å²) in [5, 5.41) is 2.88. The summed E-state index contributed by atoms with van der Waals surface area (Å²) in [7, 11) is 1.66. The summed E-state index contributed by atoms with van der Waals surface area (Å²) in [5.41, 5.74) is 1.87. The highest BCUT2D eigenvalue weighted by atomic mass is 16.7. The van der Waals surface area contributed by atoms with Crippen molar-refractivity contribution in [3.05, 3.63) is 30.9 Å². The third-order valence-corrected chi connectivity index (χ3v) is 5.79. The second kappa shape index (κ2) is 7.30. The highest BCUT2D eigenvalue weighted by molar-refractivity contribution is 6.62. The second-order valence-electron chi connectivity index (χ2n) is 8.39. The van der Waals surface area contributed by atoms with Gasteiger partial charge in [-0.3, -0.25) is 4.79 Å². The van der Waals surface area contributed by atoms with Crippen LogP contribution in [0.25, 0.3) is 0 Å². The largest absolute Gasteiger partial charge is 0.494 e. The molecule has 1 N–H and O–H groups in total. The van der Waals surface area contributed by atoms with Gasteiger partial charge in [0, 0.05) is 37.6 Å². The lowest BCUT2D eigenvalue weighted by Gasteiger charge is -2.34. The SMILES string of the molecule is C=CC(=O)Nc1cc(B2OC(C)(C)C(C)(C)O2)cc(N2CCN(C)CC2)c1. The zero-order valence-corrected chi connectivity index (χ0v) is 17.0. The van der Waals surface area contributed by atoms with Crippen LogP contribution >= 0.6 is 0 Å². The average Bonchev–Trinajstić information content (AvgIpc) is 2.83. The molecule has 1 aromatic carbocycles. The molecule has 0 atom stereocenters. The maximum atomic E-state index is 11.8. The Morgan fingerprint density at radius 3 is 2.26 bits per heavy atom. The van der Waals surface area contributed by atoms with E-state index in [0.29, 0.717) is 0 Å². The van der Waals surface area contributed by atoms with Crippen LogP contribution in [-0.2, 0) is 14.1 Å². The number of likely N-dealkylation sites (N-methyl/N-ethyl adjacent to an activating group) is 1. The second-order valence-corrected chi connectivity index (χ2v) is 8.39. The zero-order valence-electron chi connectivity index (χ0n) is 17.0. The molecular formula is C20H30BN3O3. The van der Waals surface area contributed by atoms with Crippen molar-refractivity contribution in [2.75, 3.05) is 43.4 Å². The number of nitrogens with zero attached hydrogens (tertiary/aromatic N) is 2. The zero-order chi connectivity index (χ0) is 19.8. The van der Waals surface area contributed by atoms with Crippen molar-refractivity contribution >= 4 is 29.9 Å². The van der Waals surface area contributed by atoms with Crippen LogP contribution in [0.3, 0.4) is 0 Å². The number of carbonyl (C=O) groups excluding carboxylic acids is 1. The molecule has 2 aliphatic heterocycles. The molecule has 0 unspecified atom stereocenters. The molecule has 3 rings (SSSR count). The first-order chi connectivity index (χ1) is 12.6. The minimum atomic E-state index is -0.471. The molecule has 2 heterocycles. The number of nitrogens with one attached hydrogen (secondary N) is 1. The van der Waals surface area contributed by atoms with Gasteiger partial charge in [-0.25, -0.2) is 0 Å². The molecule has 0 aromatic heterocycles. The average molecular weight is 371 g/mol. The van der Waals surface area contributed by atoms with Crippen LogP contribution in [0.2, 0.25) is 0 Å². The Morgan fingerprint density at radius 2 is 1.70 bits per heavy atom. The molecule has 146 valence electrons. The molecule has 0 spiro atoms. The molecule has 1 aromatic rings. The van der Waals surface area contributed by atoms with Crippen LogP contribution in [0, 0.1) is 0 Å². The van der Waals surface area contributed by atoms with Gasteiger partial charge in [-0.1, -0.05) is 6.58 Å². The van der Waals surface area contributed by atoms with Gasteiger partial charge in [0.15, 0.2) is 0 Å². The number of hydrogen-bond acceptors (Lipinski definition) is 5. The van der Waals surface area contributed by atoms with E-state index in [9.17, 15) is 4.79 Å². The Bertz CT molecular complexity index is 711. The molecule has 0 saturated carbocycles. The van der Waals surface area contributed by atoms with Gasteiger partial charge in [-0.2, -0.15) is 0 Å². The third kappa shape index (κ3) is 4.20. The number of anilines is 2. The molecular weight excluding hydrogens is 341 g/mol. The lowest BCUT2D eigenvalue weighted by atomic mass is 9.78. The lowest BCUT2D eigenvalue weighted by Crippen LogP contribution is -2.45. The summed E-state index contributed by atoms with van der Waals surface area (Å²) in [6.45, 7) is 15.6. The highest BCUT2D eigenvalue weighted by Gasteiger charge is 2.51. The number of carbonyl (C=O) groups is 1. The Hall–Kier alpha value is -1.83. The van der Waals surface area contributed by atoms with Crippen molar-refractivity contribution in [3.8, 4) is 0 Å². The number of benzene rings is 1.